The Bertz CT molecular complexity index is 1170. The van der Waals surface area contributed by atoms with Crippen LogP contribution in [-0.2, 0) is 26.2 Å². The summed E-state index contributed by atoms with van der Waals surface area (Å²) < 4.78 is 37.2. The number of carbonyl (C=O) groups excluding carboxylic acids is 2. The van der Waals surface area contributed by atoms with Crippen molar-refractivity contribution in [2.45, 2.75) is 52.7 Å². The number of aryl methyl sites for hydroxylation is 1. The molecule has 198 valence electrons. The number of sulfonamides is 1. The lowest BCUT2D eigenvalue weighted by molar-refractivity contribution is -0.140. The SMILES string of the molecule is COc1ccc(OC)c(N(CC(=O)N(Cc2ccc(C)cc2)[C@H](C)C(=O)NC(C)(C)C)S(C)(=O)=O)c1. The molecule has 0 unspecified atom stereocenters. The maximum absolute atomic E-state index is 13.7. The van der Waals surface area contributed by atoms with Gasteiger partial charge in [-0.15, -0.1) is 0 Å². The van der Waals surface area contributed by atoms with Crippen LogP contribution < -0.4 is 19.1 Å². The zero-order chi connectivity index (χ0) is 27.3. The lowest BCUT2D eigenvalue weighted by atomic mass is 10.1. The molecule has 0 spiro atoms. The fraction of sp³-hybridized carbons (Fsp3) is 0.462. The molecule has 0 saturated heterocycles. The van der Waals surface area contributed by atoms with Gasteiger partial charge in [-0.3, -0.25) is 13.9 Å². The van der Waals surface area contributed by atoms with Gasteiger partial charge in [-0.2, -0.15) is 0 Å². The predicted octanol–water partition coefficient (Wildman–Crippen LogP) is 3.11. The molecule has 0 aliphatic rings. The van der Waals surface area contributed by atoms with Crippen molar-refractivity contribution < 1.29 is 27.5 Å². The van der Waals surface area contributed by atoms with Gasteiger partial charge >= 0.3 is 0 Å². The molecular weight excluding hydrogens is 482 g/mol. The lowest BCUT2D eigenvalue weighted by Crippen LogP contribution is -2.54. The smallest absolute Gasteiger partial charge is 0.244 e. The molecule has 2 aromatic rings. The number of nitrogens with one attached hydrogen (secondary N) is 1. The van der Waals surface area contributed by atoms with Gasteiger partial charge in [0.25, 0.3) is 0 Å². The van der Waals surface area contributed by atoms with Crippen molar-refractivity contribution in [1.29, 1.82) is 0 Å². The van der Waals surface area contributed by atoms with Gasteiger partial charge in [0.05, 0.1) is 26.2 Å². The Morgan fingerprint density at radius 2 is 1.64 bits per heavy atom. The number of benzene rings is 2. The summed E-state index contributed by atoms with van der Waals surface area (Å²) in [4.78, 5) is 28.1. The summed E-state index contributed by atoms with van der Waals surface area (Å²) in [6.07, 6.45) is 1.01. The van der Waals surface area contributed by atoms with E-state index in [4.69, 9.17) is 9.47 Å². The van der Waals surface area contributed by atoms with Crippen LogP contribution in [0.1, 0.15) is 38.8 Å². The number of ether oxygens (including phenoxy) is 2. The fourth-order valence-corrected chi connectivity index (χ4v) is 4.38. The van der Waals surface area contributed by atoms with E-state index in [-0.39, 0.29) is 23.9 Å². The van der Waals surface area contributed by atoms with Crippen molar-refractivity contribution in [3.05, 3.63) is 53.6 Å². The minimum Gasteiger partial charge on any atom is -0.497 e. The highest BCUT2D eigenvalue weighted by atomic mass is 32.2. The van der Waals surface area contributed by atoms with Crippen molar-refractivity contribution in [2.75, 3.05) is 31.3 Å². The third-order valence-electron chi connectivity index (χ3n) is 5.47. The zero-order valence-electron chi connectivity index (χ0n) is 22.3. The summed E-state index contributed by atoms with van der Waals surface area (Å²) in [6, 6.07) is 11.4. The summed E-state index contributed by atoms with van der Waals surface area (Å²) in [6.45, 7) is 8.74. The van der Waals surface area contributed by atoms with E-state index < -0.39 is 34.1 Å². The number of hydrogen-bond donors (Lipinski definition) is 1. The first-order valence-corrected chi connectivity index (χ1v) is 13.4. The molecule has 2 rings (SSSR count). The molecule has 0 aliphatic heterocycles. The van der Waals surface area contributed by atoms with Gasteiger partial charge in [-0.1, -0.05) is 29.8 Å². The van der Waals surface area contributed by atoms with Crippen LogP contribution in [0.5, 0.6) is 11.5 Å². The van der Waals surface area contributed by atoms with Crippen LogP contribution in [0.3, 0.4) is 0 Å². The number of anilines is 1. The van der Waals surface area contributed by atoms with E-state index in [0.29, 0.717) is 5.75 Å². The Morgan fingerprint density at radius 1 is 1.03 bits per heavy atom. The monoisotopic (exact) mass is 519 g/mol. The van der Waals surface area contributed by atoms with Crippen molar-refractivity contribution in [2.24, 2.45) is 0 Å². The molecule has 36 heavy (non-hydrogen) atoms. The van der Waals surface area contributed by atoms with Crippen LogP contribution in [-0.4, -0.2) is 63.7 Å². The van der Waals surface area contributed by atoms with Crippen LogP contribution in [0.4, 0.5) is 5.69 Å². The molecule has 2 amide bonds. The number of amides is 2. The number of nitrogens with zero attached hydrogens (tertiary/aromatic N) is 2. The summed E-state index contributed by atoms with van der Waals surface area (Å²) >= 11 is 0. The Balaban J connectivity index is 2.49. The number of hydrogen-bond acceptors (Lipinski definition) is 6. The van der Waals surface area contributed by atoms with Crippen molar-refractivity contribution in [1.82, 2.24) is 10.2 Å². The van der Waals surface area contributed by atoms with Crippen LogP contribution in [0.2, 0.25) is 0 Å². The molecule has 2 aromatic carbocycles. The normalized spacial score (nSPS) is 12.4. The minimum absolute atomic E-state index is 0.130. The van der Waals surface area contributed by atoms with Crippen LogP contribution >= 0.6 is 0 Å². The first kappa shape index (κ1) is 29.0. The third-order valence-corrected chi connectivity index (χ3v) is 6.60. The van der Waals surface area contributed by atoms with Gasteiger partial charge in [0, 0.05) is 18.2 Å². The zero-order valence-corrected chi connectivity index (χ0v) is 23.1. The minimum atomic E-state index is -3.91. The van der Waals surface area contributed by atoms with Gasteiger partial charge in [-0.25, -0.2) is 8.42 Å². The maximum atomic E-state index is 13.7. The van der Waals surface area contributed by atoms with Crippen LogP contribution in [0, 0.1) is 6.92 Å². The van der Waals surface area contributed by atoms with E-state index in [1.54, 1.807) is 19.1 Å². The van der Waals surface area contributed by atoms with Crippen molar-refractivity contribution in [3.63, 3.8) is 0 Å². The Labute approximate surface area is 214 Å². The van der Waals surface area contributed by atoms with Crippen LogP contribution in [0.15, 0.2) is 42.5 Å². The lowest BCUT2D eigenvalue weighted by Gasteiger charge is -2.33. The molecule has 0 saturated carbocycles. The highest BCUT2D eigenvalue weighted by Crippen LogP contribution is 2.34. The summed E-state index contributed by atoms with van der Waals surface area (Å²) in [5.41, 5.74) is 1.53. The molecule has 0 bridgehead atoms. The number of carbonyl (C=O) groups is 2. The van der Waals surface area contributed by atoms with Gasteiger partial charge in [0.1, 0.15) is 24.1 Å². The quantitative estimate of drug-likeness (QED) is 0.517. The molecule has 0 heterocycles. The highest BCUT2D eigenvalue weighted by Gasteiger charge is 2.32. The largest absolute Gasteiger partial charge is 0.497 e. The molecule has 0 radical (unpaired) electrons. The molecule has 1 atom stereocenters. The standard InChI is InChI=1S/C26H37N3O6S/c1-18-9-11-20(12-10-18)16-28(19(2)25(31)27-26(3,4)5)24(30)17-29(36(8,32)33)22-15-21(34-6)13-14-23(22)35-7/h9-15,19H,16-17H2,1-8H3,(H,27,31)/t19-/m1/s1. The van der Waals surface area contributed by atoms with Gasteiger partial charge < -0.3 is 19.7 Å². The highest BCUT2D eigenvalue weighted by molar-refractivity contribution is 7.92. The summed E-state index contributed by atoms with van der Waals surface area (Å²) in [5, 5.41) is 2.90. The summed E-state index contributed by atoms with van der Waals surface area (Å²) in [7, 11) is -1.04. The van der Waals surface area contributed by atoms with E-state index in [2.05, 4.69) is 5.32 Å². The van der Waals surface area contributed by atoms with E-state index in [1.165, 1.54) is 25.2 Å². The topological polar surface area (TPSA) is 105 Å². The van der Waals surface area contributed by atoms with E-state index >= 15 is 0 Å². The average Bonchev–Trinajstić information content (AvgIpc) is 2.79. The second-order valence-electron chi connectivity index (χ2n) is 9.73. The van der Waals surface area contributed by atoms with Gasteiger partial charge in [-0.05, 0) is 52.3 Å². The Hall–Kier alpha value is -3.27. The molecule has 10 heteroatoms. The molecule has 0 aliphatic carbocycles. The Kier molecular flexibility index (Phi) is 9.37. The molecular formula is C26H37N3O6S. The second-order valence-corrected chi connectivity index (χ2v) is 11.6. The summed E-state index contributed by atoms with van der Waals surface area (Å²) in [5.74, 6) is -0.214. The average molecular weight is 520 g/mol. The predicted molar refractivity (Wildman–Crippen MR) is 141 cm³/mol. The third kappa shape index (κ3) is 7.87. The van der Waals surface area contributed by atoms with Crippen molar-refractivity contribution >= 4 is 27.5 Å². The Morgan fingerprint density at radius 3 is 2.14 bits per heavy atom. The first-order valence-electron chi connectivity index (χ1n) is 11.5. The molecule has 0 aromatic heterocycles. The maximum Gasteiger partial charge on any atom is 0.244 e. The first-order chi connectivity index (χ1) is 16.7. The molecule has 0 fully saturated rings. The second kappa shape index (κ2) is 11.6. The van der Waals surface area contributed by atoms with Gasteiger partial charge in [0.15, 0.2) is 0 Å². The van der Waals surface area contributed by atoms with E-state index in [9.17, 15) is 18.0 Å². The molecule has 1 N–H and O–H groups in total. The van der Waals surface area contributed by atoms with Crippen molar-refractivity contribution in [3.8, 4) is 11.5 Å². The fourth-order valence-electron chi connectivity index (χ4n) is 3.53. The van der Waals surface area contributed by atoms with E-state index in [1.807, 2.05) is 52.0 Å². The number of methoxy groups -OCH3 is 2. The van der Waals surface area contributed by atoms with Crippen LogP contribution in [0.25, 0.3) is 0 Å². The van der Waals surface area contributed by atoms with Gasteiger partial charge in [0.2, 0.25) is 21.8 Å². The number of rotatable bonds is 10. The molecule has 9 nitrogen and oxygen atoms in total. The van der Waals surface area contributed by atoms with E-state index in [0.717, 1.165) is 21.7 Å².